The normalized spacial score (nSPS) is 11.5. The summed E-state index contributed by atoms with van der Waals surface area (Å²) in [6, 6.07) is 0. The van der Waals surface area contributed by atoms with Gasteiger partial charge in [-0.05, 0) is 38.5 Å². The maximum Gasteiger partial charge on any atom is 2.00 e. The Kier molecular flexibility index (Phi) is 45.5. The number of carbonyl (C=O) groups excluding carboxylic acids is 2. The monoisotopic (exact) mass is 849 g/mol. The fourth-order valence-electron chi connectivity index (χ4n) is 6.47. The average Bonchev–Trinajstić information content (AvgIpc) is 3.11. The predicted octanol–water partition coefficient (Wildman–Crippen LogP) is 10.1. The van der Waals surface area contributed by atoms with Gasteiger partial charge in [-0.3, -0.25) is 9.59 Å². The van der Waals surface area contributed by atoms with Crippen molar-refractivity contribution in [1.29, 1.82) is 0 Å². The van der Waals surface area contributed by atoms with Gasteiger partial charge in [-0.15, -0.1) is 0 Å². The van der Waals surface area contributed by atoms with Gasteiger partial charge in [0.25, 0.3) is 0 Å². The molecule has 0 unspecified atom stereocenters. The van der Waals surface area contributed by atoms with Gasteiger partial charge in [-0.1, -0.05) is 168 Å². The number of hydrogen-bond acceptors (Lipinski definition) is 8. The molecular weight excluding hydrogens is 765 g/mol. The van der Waals surface area contributed by atoms with Gasteiger partial charge < -0.3 is 18.9 Å². The van der Waals surface area contributed by atoms with Crippen molar-refractivity contribution in [2.75, 3.05) is 38.7 Å². The van der Waals surface area contributed by atoms with Gasteiger partial charge >= 0.3 is 37.7 Å². The van der Waals surface area contributed by atoms with Crippen LogP contribution in [0.15, 0.2) is 0 Å². The van der Waals surface area contributed by atoms with E-state index in [-0.39, 0.29) is 61.1 Å². The van der Waals surface area contributed by atoms with Crippen LogP contribution in [0, 0.1) is 0 Å². The van der Waals surface area contributed by atoms with E-state index in [1.807, 2.05) is 0 Å². The van der Waals surface area contributed by atoms with Crippen LogP contribution in [0.2, 0.25) is 0 Å². The van der Waals surface area contributed by atoms with Crippen molar-refractivity contribution in [2.45, 2.75) is 219 Å². The zero-order valence-corrected chi connectivity index (χ0v) is 40.0. The minimum atomic E-state index is -4.13. The molecule has 0 aliphatic heterocycles. The number of unbranched alkanes of at least 4 members (excludes halogenated alkanes) is 26. The molecule has 324 valence electrons. The molecule has 0 aliphatic rings. The molecule has 13 heteroatoms. The van der Waals surface area contributed by atoms with Gasteiger partial charge in [0.2, 0.25) is 11.8 Å². The van der Waals surface area contributed by atoms with Crippen LogP contribution in [0.25, 0.3) is 0 Å². The molecule has 0 aliphatic carbocycles. The summed E-state index contributed by atoms with van der Waals surface area (Å²) in [5.41, 5.74) is 0. The van der Waals surface area contributed by atoms with Gasteiger partial charge in [0, 0.05) is 51.5 Å². The Morgan fingerprint density at radius 1 is 0.382 bits per heavy atom. The summed E-state index contributed by atoms with van der Waals surface area (Å²) < 4.78 is 63.1. The van der Waals surface area contributed by atoms with Crippen molar-refractivity contribution in [3.8, 4) is 0 Å². The van der Waals surface area contributed by atoms with Crippen LogP contribution in [0.1, 0.15) is 219 Å². The Labute approximate surface area is 370 Å². The van der Waals surface area contributed by atoms with E-state index in [0.717, 1.165) is 25.7 Å². The quantitative estimate of drug-likeness (QED) is 0.0338. The molecule has 0 aromatic carbocycles. The first-order valence-electron chi connectivity index (χ1n) is 22.1. The second-order valence-corrected chi connectivity index (χ2v) is 18.6. The van der Waals surface area contributed by atoms with Crippen molar-refractivity contribution in [2.24, 2.45) is 0 Å². The van der Waals surface area contributed by atoms with E-state index in [0.29, 0.717) is 51.6 Å². The molecule has 0 radical (unpaired) electrons. The average molecular weight is 849 g/mol. The molecular formula is C42H84CaN2O8S2. The summed E-state index contributed by atoms with van der Waals surface area (Å²) in [6.45, 7) is 5.55. The van der Waals surface area contributed by atoms with Crippen LogP contribution in [-0.4, -0.2) is 124 Å². The zero-order chi connectivity index (χ0) is 40.8. The fourth-order valence-corrected chi connectivity index (χ4v) is 7.59. The van der Waals surface area contributed by atoms with Gasteiger partial charge in [-0.2, -0.15) is 0 Å². The Morgan fingerprint density at radius 2 is 0.600 bits per heavy atom. The van der Waals surface area contributed by atoms with Crippen molar-refractivity contribution < 1.29 is 35.5 Å². The minimum absolute atomic E-state index is 0. The molecule has 2 amide bonds. The Hall–Kier alpha value is 0.0197. The molecule has 0 spiro atoms. The van der Waals surface area contributed by atoms with E-state index in [1.165, 1.54) is 141 Å². The van der Waals surface area contributed by atoms with Crippen molar-refractivity contribution in [3.63, 3.8) is 0 Å². The van der Waals surface area contributed by atoms with Crippen molar-refractivity contribution in [1.82, 2.24) is 9.80 Å². The van der Waals surface area contributed by atoms with Gasteiger partial charge in [-0.25, -0.2) is 16.8 Å². The molecule has 0 fully saturated rings. The van der Waals surface area contributed by atoms with E-state index in [9.17, 15) is 35.5 Å². The van der Waals surface area contributed by atoms with Crippen LogP contribution in [-0.2, 0) is 29.8 Å². The molecule has 0 atom stereocenters. The molecule has 55 heavy (non-hydrogen) atoms. The second-order valence-electron chi connectivity index (χ2n) is 15.6. The summed E-state index contributed by atoms with van der Waals surface area (Å²) in [6.07, 6.45) is 36.4. The van der Waals surface area contributed by atoms with Crippen molar-refractivity contribution >= 4 is 69.8 Å². The standard InChI is InChI=1S/2C21H43NO4S.Ca/c2*1-3-4-5-6-7-8-9-10-11-12-13-14-15-18-21(23)22(2)19-16-17-20-27(24,25)26;/h2*3-20H2,1-2H3,(H,24,25,26);/q;;+2/p-2. The molecule has 0 saturated carbocycles. The Morgan fingerprint density at radius 3 is 0.818 bits per heavy atom. The Bertz CT molecular complexity index is 993. The van der Waals surface area contributed by atoms with Gasteiger partial charge in [0.15, 0.2) is 0 Å². The van der Waals surface area contributed by atoms with E-state index in [4.69, 9.17) is 0 Å². The zero-order valence-electron chi connectivity index (χ0n) is 36.1. The van der Waals surface area contributed by atoms with Crippen LogP contribution >= 0.6 is 0 Å². The largest absolute Gasteiger partial charge is 2.00 e. The SMILES string of the molecule is CCCCCCCCCCCCCCCC(=O)N(C)CCCCS(=O)(=O)[O-].CCCCCCCCCCCCCCCC(=O)N(C)CCCCS(=O)(=O)[O-].[Ca+2]. The molecule has 0 rings (SSSR count). The molecule has 0 saturated heterocycles. The third-order valence-electron chi connectivity index (χ3n) is 10.1. The van der Waals surface area contributed by atoms with E-state index >= 15 is 0 Å². The van der Waals surface area contributed by atoms with Crippen LogP contribution < -0.4 is 0 Å². The van der Waals surface area contributed by atoms with E-state index < -0.39 is 20.2 Å². The topological polar surface area (TPSA) is 155 Å². The number of hydrogen-bond donors (Lipinski definition) is 0. The number of nitrogens with zero attached hydrogens (tertiary/aromatic N) is 2. The Balaban J connectivity index is -0.000000966. The van der Waals surface area contributed by atoms with E-state index in [2.05, 4.69) is 13.8 Å². The summed E-state index contributed by atoms with van der Waals surface area (Å²) in [4.78, 5) is 27.3. The number of rotatable bonds is 38. The smallest absolute Gasteiger partial charge is 0.748 e. The van der Waals surface area contributed by atoms with Crippen LogP contribution in [0.4, 0.5) is 0 Å². The first-order valence-corrected chi connectivity index (χ1v) is 25.2. The molecule has 0 N–H and O–H groups in total. The first kappa shape index (κ1) is 59.3. The number of carbonyl (C=O) groups is 2. The second kappa shape index (κ2) is 42.2. The summed E-state index contributed by atoms with van der Waals surface area (Å²) >= 11 is 0. The maximum atomic E-state index is 12.0. The first-order chi connectivity index (χ1) is 25.7. The van der Waals surface area contributed by atoms with Gasteiger partial charge in [0.05, 0.1) is 20.2 Å². The molecule has 0 aromatic heterocycles. The molecule has 0 aromatic rings. The minimum Gasteiger partial charge on any atom is -0.748 e. The van der Waals surface area contributed by atoms with Crippen LogP contribution in [0.3, 0.4) is 0 Å². The van der Waals surface area contributed by atoms with Crippen LogP contribution in [0.5, 0.6) is 0 Å². The fraction of sp³-hybridized carbons (Fsp3) is 0.952. The maximum absolute atomic E-state index is 12.0. The predicted molar refractivity (Wildman–Crippen MR) is 229 cm³/mol. The van der Waals surface area contributed by atoms with Crippen molar-refractivity contribution in [3.05, 3.63) is 0 Å². The summed E-state index contributed by atoms with van der Waals surface area (Å²) in [5, 5.41) is 0. The summed E-state index contributed by atoms with van der Waals surface area (Å²) in [7, 11) is -4.77. The molecule has 0 bridgehead atoms. The number of amides is 2. The van der Waals surface area contributed by atoms with Gasteiger partial charge in [0.1, 0.15) is 0 Å². The third-order valence-corrected chi connectivity index (χ3v) is 11.7. The van der Waals surface area contributed by atoms with E-state index in [1.54, 1.807) is 23.9 Å². The summed E-state index contributed by atoms with van der Waals surface area (Å²) in [5.74, 6) is -0.451. The molecule has 10 nitrogen and oxygen atoms in total. The molecule has 0 heterocycles. The third kappa shape index (κ3) is 50.1.